The summed E-state index contributed by atoms with van der Waals surface area (Å²) in [6, 6.07) is 0.637. The van der Waals surface area contributed by atoms with Gasteiger partial charge in [-0.15, -0.1) is 0 Å². The lowest BCUT2D eigenvalue weighted by molar-refractivity contribution is -0.0805. The van der Waals surface area contributed by atoms with E-state index in [-0.39, 0.29) is 0 Å². The lowest BCUT2D eigenvalue weighted by Gasteiger charge is -2.43. The molecular formula is C9H18N2O. The maximum atomic E-state index is 5.73. The van der Waals surface area contributed by atoms with E-state index in [0.29, 0.717) is 12.1 Å². The van der Waals surface area contributed by atoms with Gasteiger partial charge in [0, 0.05) is 19.1 Å². The number of morpholine rings is 1. The van der Waals surface area contributed by atoms with Crippen molar-refractivity contribution in [2.75, 3.05) is 32.8 Å². The quantitative estimate of drug-likeness (QED) is 0.602. The molecule has 0 aliphatic carbocycles. The van der Waals surface area contributed by atoms with Gasteiger partial charge in [0.15, 0.2) is 0 Å². The standard InChI is InChI=1S/C9H18N2O/c1-2-11-5-6-12-9-3-4-10-7-8(9)11/h8-10H,2-7H2,1H3/t8-,9+/m0/s1. The zero-order valence-corrected chi connectivity index (χ0v) is 7.75. The molecule has 0 aromatic carbocycles. The summed E-state index contributed by atoms with van der Waals surface area (Å²) >= 11 is 0. The van der Waals surface area contributed by atoms with Gasteiger partial charge in [0.2, 0.25) is 0 Å². The third kappa shape index (κ3) is 1.49. The van der Waals surface area contributed by atoms with Crippen LogP contribution in [0, 0.1) is 0 Å². The first-order chi connectivity index (χ1) is 5.92. The average Bonchev–Trinajstić information content (AvgIpc) is 2.17. The SMILES string of the molecule is CCN1CCO[C@@H]2CCNC[C@@H]21. The van der Waals surface area contributed by atoms with Crippen LogP contribution in [0.25, 0.3) is 0 Å². The van der Waals surface area contributed by atoms with Crippen LogP contribution in [0.1, 0.15) is 13.3 Å². The van der Waals surface area contributed by atoms with Crippen molar-refractivity contribution < 1.29 is 4.74 Å². The minimum atomic E-state index is 0.500. The van der Waals surface area contributed by atoms with Gasteiger partial charge in [0.1, 0.15) is 0 Å². The summed E-state index contributed by atoms with van der Waals surface area (Å²) in [5.74, 6) is 0. The van der Waals surface area contributed by atoms with Crippen molar-refractivity contribution in [2.24, 2.45) is 0 Å². The predicted molar refractivity (Wildman–Crippen MR) is 48.3 cm³/mol. The van der Waals surface area contributed by atoms with E-state index in [2.05, 4.69) is 17.1 Å². The summed E-state index contributed by atoms with van der Waals surface area (Å²) in [5, 5.41) is 3.43. The van der Waals surface area contributed by atoms with Gasteiger partial charge in [-0.25, -0.2) is 0 Å². The van der Waals surface area contributed by atoms with Crippen LogP contribution in [0.2, 0.25) is 0 Å². The van der Waals surface area contributed by atoms with Gasteiger partial charge >= 0.3 is 0 Å². The van der Waals surface area contributed by atoms with E-state index in [4.69, 9.17) is 4.74 Å². The second-order valence-electron chi connectivity index (χ2n) is 3.60. The van der Waals surface area contributed by atoms with Gasteiger partial charge in [-0.05, 0) is 19.5 Å². The molecule has 2 aliphatic heterocycles. The molecule has 0 bridgehead atoms. The number of nitrogens with zero attached hydrogens (tertiary/aromatic N) is 1. The van der Waals surface area contributed by atoms with Crippen molar-refractivity contribution in [1.29, 1.82) is 0 Å². The number of likely N-dealkylation sites (N-methyl/N-ethyl adjacent to an activating group) is 1. The molecule has 0 amide bonds. The monoisotopic (exact) mass is 170 g/mol. The van der Waals surface area contributed by atoms with Gasteiger partial charge in [-0.3, -0.25) is 4.90 Å². The van der Waals surface area contributed by atoms with Crippen LogP contribution in [0.5, 0.6) is 0 Å². The highest BCUT2D eigenvalue weighted by atomic mass is 16.5. The highest BCUT2D eigenvalue weighted by Crippen LogP contribution is 2.18. The fourth-order valence-electron chi connectivity index (χ4n) is 2.26. The minimum absolute atomic E-state index is 0.500. The van der Waals surface area contributed by atoms with E-state index >= 15 is 0 Å². The highest BCUT2D eigenvalue weighted by molar-refractivity contribution is 4.88. The Hall–Kier alpha value is -0.120. The molecule has 2 aliphatic rings. The Labute approximate surface area is 74.1 Å². The zero-order valence-electron chi connectivity index (χ0n) is 7.75. The maximum Gasteiger partial charge on any atom is 0.0755 e. The smallest absolute Gasteiger partial charge is 0.0755 e. The van der Waals surface area contributed by atoms with Crippen molar-refractivity contribution in [3.8, 4) is 0 Å². The Balaban J connectivity index is 1.99. The van der Waals surface area contributed by atoms with Crippen LogP contribution in [0.4, 0.5) is 0 Å². The second-order valence-corrected chi connectivity index (χ2v) is 3.60. The Kier molecular flexibility index (Phi) is 2.63. The molecule has 0 spiro atoms. The van der Waals surface area contributed by atoms with Crippen LogP contribution >= 0.6 is 0 Å². The van der Waals surface area contributed by atoms with Crippen molar-refractivity contribution in [3.63, 3.8) is 0 Å². The van der Waals surface area contributed by atoms with Crippen molar-refractivity contribution in [3.05, 3.63) is 0 Å². The number of ether oxygens (including phenoxy) is 1. The van der Waals surface area contributed by atoms with E-state index in [9.17, 15) is 0 Å². The summed E-state index contributed by atoms with van der Waals surface area (Å²) in [5.41, 5.74) is 0. The summed E-state index contributed by atoms with van der Waals surface area (Å²) < 4.78 is 5.73. The zero-order chi connectivity index (χ0) is 8.39. The molecule has 12 heavy (non-hydrogen) atoms. The topological polar surface area (TPSA) is 24.5 Å². The van der Waals surface area contributed by atoms with Crippen molar-refractivity contribution >= 4 is 0 Å². The van der Waals surface area contributed by atoms with Gasteiger partial charge < -0.3 is 10.1 Å². The average molecular weight is 170 g/mol. The molecule has 2 heterocycles. The Bertz CT molecular complexity index is 143. The largest absolute Gasteiger partial charge is 0.375 e. The van der Waals surface area contributed by atoms with Gasteiger partial charge in [0.25, 0.3) is 0 Å². The van der Waals surface area contributed by atoms with Crippen LogP contribution in [0.3, 0.4) is 0 Å². The number of piperidine rings is 1. The molecule has 2 rings (SSSR count). The molecule has 0 unspecified atom stereocenters. The van der Waals surface area contributed by atoms with Crippen molar-refractivity contribution in [1.82, 2.24) is 10.2 Å². The van der Waals surface area contributed by atoms with Crippen LogP contribution in [-0.4, -0.2) is 49.8 Å². The van der Waals surface area contributed by atoms with Gasteiger partial charge in [-0.2, -0.15) is 0 Å². The Morgan fingerprint density at radius 1 is 1.58 bits per heavy atom. The van der Waals surface area contributed by atoms with Crippen molar-refractivity contribution in [2.45, 2.75) is 25.5 Å². The lowest BCUT2D eigenvalue weighted by atomic mass is 10.0. The van der Waals surface area contributed by atoms with Crippen LogP contribution in [-0.2, 0) is 4.74 Å². The maximum absolute atomic E-state index is 5.73. The molecule has 0 aromatic heterocycles. The fourth-order valence-corrected chi connectivity index (χ4v) is 2.26. The van der Waals surface area contributed by atoms with Gasteiger partial charge in [-0.1, -0.05) is 6.92 Å². The first-order valence-corrected chi connectivity index (χ1v) is 4.98. The summed E-state index contributed by atoms with van der Waals surface area (Å²) in [7, 11) is 0. The molecule has 70 valence electrons. The third-order valence-electron chi connectivity index (χ3n) is 2.97. The molecule has 0 saturated carbocycles. The molecule has 0 aromatic rings. The van der Waals surface area contributed by atoms with E-state index in [1.165, 1.54) is 6.42 Å². The Morgan fingerprint density at radius 2 is 2.50 bits per heavy atom. The number of rotatable bonds is 1. The lowest BCUT2D eigenvalue weighted by Crippen LogP contribution is -2.58. The van der Waals surface area contributed by atoms with Crippen LogP contribution in [0.15, 0.2) is 0 Å². The van der Waals surface area contributed by atoms with E-state index < -0.39 is 0 Å². The van der Waals surface area contributed by atoms with E-state index in [1.807, 2.05) is 0 Å². The molecule has 3 nitrogen and oxygen atoms in total. The second kappa shape index (κ2) is 3.73. The first kappa shape index (κ1) is 8.48. The molecule has 1 N–H and O–H groups in total. The third-order valence-corrected chi connectivity index (χ3v) is 2.97. The molecule has 2 saturated heterocycles. The van der Waals surface area contributed by atoms with E-state index in [1.54, 1.807) is 0 Å². The molecular weight excluding hydrogens is 152 g/mol. The van der Waals surface area contributed by atoms with Crippen LogP contribution < -0.4 is 5.32 Å². The number of fused-ring (bicyclic) bond motifs is 1. The summed E-state index contributed by atoms with van der Waals surface area (Å²) in [6.45, 7) is 7.66. The van der Waals surface area contributed by atoms with E-state index in [0.717, 1.165) is 32.8 Å². The number of hydrogen-bond donors (Lipinski definition) is 1. The van der Waals surface area contributed by atoms with Gasteiger partial charge in [0.05, 0.1) is 12.7 Å². The summed E-state index contributed by atoms with van der Waals surface area (Å²) in [4.78, 5) is 2.53. The predicted octanol–water partition coefficient (Wildman–Crippen LogP) is 0.0690. The first-order valence-electron chi connectivity index (χ1n) is 4.98. The summed E-state index contributed by atoms with van der Waals surface area (Å²) in [6.07, 6.45) is 1.68. The number of hydrogen-bond acceptors (Lipinski definition) is 3. The number of nitrogens with one attached hydrogen (secondary N) is 1. The molecule has 2 atom stereocenters. The normalized spacial score (nSPS) is 37.8. The Morgan fingerprint density at radius 3 is 3.33 bits per heavy atom. The molecule has 0 radical (unpaired) electrons. The minimum Gasteiger partial charge on any atom is -0.375 e. The fraction of sp³-hybridized carbons (Fsp3) is 1.00. The molecule has 3 heteroatoms. The highest BCUT2D eigenvalue weighted by Gasteiger charge is 2.32. The molecule has 2 fully saturated rings.